The lowest BCUT2D eigenvalue weighted by molar-refractivity contribution is -0.112. The SMILES string of the molecule is CCOc1cccc(NC(=O)C(C#N)=Cc2cccn2-c2ccc(N(C)C)cc2)c1. The van der Waals surface area contributed by atoms with E-state index in [1.165, 1.54) is 0 Å². The second kappa shape index (κ2) is 9.48. The monoisotopic (exact) mass is 400 g/mol. The zero-order chi connectivity index (χ0) is 21.5. The van der Waals surface area contributed by atoms with Crippen molar-refractivity contribution in [1.29, 1.82) is 5.26 Å². The van der Waals surface area contributed by atoms with Crippen molar-refractivity contribution >= 4 is 23.4 Å². The summed E-state index contributed by atoms with van der Waals surface area (Å²) in [4.78, 5) is 14.7. The van der Waals surface area contributed by atoms with Crippen LogP contribution in [0.25, 0.3) is 11.8 Å². The number of ether oxygens (including phenoxy) is 1. The summed E-state index contributed by atoms with van der Waals surface area (Å²) in [5.74, 6) is 0.190. The summed E-state index contributed by atoms with van der Waals surface area (Å²) in [6, 6.07) is 20.9. The predicted octanol–water partition coefficient (Wildman–Crippen LogP) is 4.49. The van der Waals surface area contributed by atoms with E-state index in [-0.39, 0.29) is 5.57 Å². The van der Waals surface area contributed by atoms with Gasteiger partial charge in [0.2, 0.25) is 0 Å². The number of nitrogens with zero attached hydrogens (tertiary/aromatic N) is 3. The minimum absolute atomic E-state index is 0.0154. The number of nitrogens with one attached hydrogen (secondary N) is 1. The van der Waals surface area contributed by atoms with Crippen LogP contribution in [0.4, 0.5) is 11.4 Å². The number of rotatable bonds is 7. The van der Waals surface area contributed by atoms with Crippen molar-refractivity contribution in [2.45, 2.75) is 6.92 Å². The van der Waals surface area contributed by atoms with E-state index in [1.807, 2.05) is 85.2 Å². The summed E-state index contributed by atoms with van der Waals surface area (Å²) in [7, 11) is 3.97. The number of benzene rings is 2. The summed E-state index contributed by atoms with van der Waals surface area (Å²) >= 11 is 0. The van der Waals surface area contributed by atoms with Crippen molar-refractivity contribution in [2.24, 2.45) is 0 Å². The molecule has 0 fully saturated rings. The molecule has 1 amide bonds. The molecule has 2 aromatic carbocycles. The minimum Gasteiger partial charge on any atom is -0.494 e. The van der Waals surface area contributed by atoms with Gasteiger partial charge in [-0.3, -0.25) is 4.79 Å². The highest BCUT2D eigenvalue weighted by Gasteiger charge is 2.12. The van der Waals surface area contributed by atoms with E-state index in [9.17, 15) is 10.1 Å². The number of carbonyl (C=O) groups is 1. The molecule has 0 spiro atoms. The standard InChI is InChI=1S/C24H24N4O2/c1-4-30-23-9-5-7-19(16-23)26-24(29)18(17-25)15-22-8-6-14-28(22)21-12-10-20(11-13-21)27(2)3/h5-16H,4H2,1-3H3,(H,26,29). The number of hydrogen-bond donors (Lipinski definition) is 1. The Labute approximate surface area is 176 Å². The Morgan fingerprint density at radius 3 is 2.60 bits per heavy atom. The maximum atomic E-state index is 12.6. The van der Waals surface area contributed by atoms with Crippen molar-refractivity contribution in [3.05, 3.63) is 78.1 Å². The zero-order valence-corrected chi connectivity index (χ0v) is 17.3. The van der Waals surface area contributed by atoms with E-state index >= 15 is 0 Å². The van der Waals surface area contributed by atoms with E-state index in [4.69, 9.17) is 4.74 Å². The lowest BCUT2D eigenvalue weighted by Crippen LogP contribution is -2.13. The Morgan fingerprint density at radius 1 is 1.17 bits per heavy atom. The second-order valence-corrected chi connectivity index (χ2v) is 6.80. The van der Waals surface area contributed by atoms with Gasteiger partial charge < -0.3 is 19.5 Å². The fourth-order valence-corrected chi connectivity index (χ4v) is 2.98. The molecule has 0 aliphatic carbocycles. The third kappa shape index (κ3) is 4.89. The predicted molar refractivity (Wildman–Crippen MR) is 120 cm³/mol. The number of hydrogen-bond acceptors (Lipinski definition) is 4. The van der Waals surface area contributed by atoms with Gasteiger partial charge in [0, 0.05) is 49.1 Å². The Balaban J connectivity index is 1.83. The highest BCUT2D eigenvalue weighted by Crippen LogP contribution is 2.21. The fraction of sp³-hybridized carbons (Fsp3) is 0.167. The summed E-state index contributed by atoms with van der Waals surface area (Å²) in [6.07, 6.45) is 3.48. The molecular formula is C24H24N4O2. The first kappa shape index (κ1) is 20.7. The molecule has 3 rings (SSSR count). The van der Waals surface area contributed by atoms with Gasteiger partial charge in [0.1, 0.15) is 17.4 Å². The molecule has 0 radical (unpaired) electrons. The molecule has 0 unspecified atom stereocenters. The molecule has 0 aliphatic rings. The van der Waals surface area contributed by atoms with Gasteiger partial charge in [-0.25, -0.2) is 0 Å². The first-order valence-corrected chi connectivity index (χ1v) is 9.63. The molecule has 3 aromatic rings. The maximum absolute atomic E-state index is 12.6. The highest BCUT2D eigenvalue weighted by atomic mass is 16.5. The topological polar surface area (TPSA) is 70.3 Å². The van der Waals surface area contributed by atoms with Crippen LogP contribution in [0.1, 0.15) is 12.6 Å². The van der Waals surface area contributed by atoms with Crippen molar-refractivity contribution in [3.63, 3.8) is 0 Å². The summed E-state index contributed by atoms with van der Waals surface area (Å²) in [5.41, 5.74) is 3.36. The average molecular weight is 400 g/mol. The zero-order valence-electron chi connectivity index (χ0n) is 17.3. The van der Waals surface area contributed by atoms with Crippen molar-refractivity contribution in [2.75, 3.05) is 30.9 Å². The molecule has 30 heavy (non-hydrogen) atoms. The first-order chi connectivity index (χ1) is 14.5. The van der Waals surface area contributed by atoms with Crippen LogP contribution >= 0.6 is 0 Å². The fourth-order valence-electron chi connectivity index (χ4n) is 2.98. The lowest BCUT2D eigenvalue weighted by Gasteiger charge is -2.14. The van der Waals surface area contributed by atoms with E-state index in [0.29, 0.717) is 18.0 Å². The third-order valence-corrected chi connectivity index (χ3v) is 4.48. The molecule has 1 aromatic heterocycles. The van der Waals surface area contributed by atoms with Gasteiger partial charge in [-0.05, 0) is 61.5 Å². The van der Waals surface area contributed by atoms with Crippen LogP contribution in [-0.2, 0) is 4.79 Å². The lowest BCUT2D eigenvalue weighted by atomic mass is 10.2. The Morgan fingerprint density at radius 2 is 1.93 bits per heavy atom. The molecule has 0 atom stereocenters. The largest absolute Gasteiger partial charge is 0.494 e. The quantitative estimate of drug-likeness (QED) is 0.469. The third-order valence-electron chi connectivity index (χ3n) is 4.48. The van der Waals surface area contributed by atoms with Crippen molar-refractivity contribution < 1.29 is 9.53 Å². The Bertz CT molecular complexity index is 1090. The molecule has 6 nitrogen and oxygen atoms in total. The number of anilines is 2. The molecular weight excluding hydrogens is 376 g/mol. The van der Waals surface area contributed by atoms with Gasteiger partial charge >= 0.3 is 0 Å². The smallest absolute Gasteiger partial charge is 0.266 e. The van der Waals surface area contributed by atoms with Crippen LogP contribution in [0.2, 0.25) is 0 Å². The number of aromatic nitrogens is 1. The Hall–Kier alpha value is -3.98. The highest BCUT2D eigenvalue weighted by molar-refractivity contribution is 6.09. The summed E-state index contributed by atoms with van der Waals surface area (Å²) in [5, 5.41) is 12.3. The summed E-state index contributed by atoms with van der Waals surface area (Å²) in [6.45, 7) is 2.43. The maximum Gasteiger partial charge on any atom is 0.266 e. The molecule has 0 saturated heterocycles. The van der Waals surface area contributed by atoms with Crippen LogP contribution in [0.3, 0.4) is 0 Å². The molecule has 1 heterocycles. The minimum atomic E-state index is -0.471. The molecule has 0 saturated carbocycles. The number of nitriles is 1. The van der Waals surface area contributed by atoms with E-state index < -0.39 is 5.91 Å². The van der Waals surface area contributed by atoms with Crippen LogP contribution in [0, 0.1) is 11.3 Å². The van der Waals surface area contributed by atoms with Gasteiger partial charge in [-0.2, -0.15) is 5.26 Å². The van der Waals surface area contributed by atoms with Gasteiger partial charge in [0.15, 0.2) is 0 Å². The van der Waals surface area contributed by atoms with Crippen LogP contribution < -0.4 is 15.0 Å². The van der Waals surface area contributed by atoms with Gasteiger partial charge in [-0.1, -0.05) is 6.07 Å². The van der Waals surface area contributed by atoms with Crippen LogP contribution in [-0.4, -0.2) is 31.2 Å². The van der Waals surface area contributed by atoms with Gasteiger partial charge in [0.25, 0.3) is 5.91 Å². The van der Waals surface area contributed by atoms with Gasteiger partial charge in [-0.15, -0.1) is 0 Å². The molecule has 152 valence electrons. The average Bonchev–Trinajstić information content (AvgIpc) is 3.20. The van der Waals surface area contributed by atoms with Crippen molar-refractivity contribution in [1.82, 2.24) is 4.57 Å². The normalized spacial score (nSPS) is 10.9. The Kier molecular flexibility index (Phi) is 6.56. The molecule has 1 N–H and O–H groups in total. The van der Waals surface area contributed by atoms with Crippen LogP contribution in [0.15, 0.2) is 72.4 Å². The number of amides is 1. The first-order valence-electron chi connectivity index (χ1n) is 9.63. The molecule has 6 heteroatoms. The summed E-state index contributed by atoms with van der Waals surface area (Å²) < 4.78 is 7.38. The van der Waals surface area contributed by atoms with E-state index in [0.717, 1.165) is 17.1 Å². The van der Waals surface area contributed by atoms with Crippen LogP contribution in [0.5, 0.6) is 5.75 Å². The van der Waals surface area contributed by atoms with E-state index in [1.54, 1.807) is 24.3 Å². The van der Waals surface area contributed by atoms with Gasteiger partial charge in [0.05, 0.1) is 6.61 Å². The second-order valence-electron chi connectivity index (χ2n) is 6.80. The molecule has 0 bridgehead atoms. The van der Waals surface area contributed by atoms with Crippen molar-refractivity contribution in [3.8, 4) is 17.5 Å². The number of carbonyl (C=O) groups excluding carboxylic acids is 1. The van der Waals surface area contributed by atoms with E-state index in [2.05, 4.69) is 5.32 Å². The molecule has 0 aliphatic heterocycles.